The minimum absolute atomic E-state index is 0.0188. The Hall–Kier alpha value is -0.610. The number of nitrogens with two attached hydrogens (primary N) is 1. The number of carbonyl (C=O) groups excluding carboxylic acids is 1. The number of ether oxygens (including phenoxy) is 1. The van der Waals surface area contributed by atoms with E-state index in [1.807, 2.05) is 6.92 Å². The summed E-state index contributed by atoms with van der Waals surface area (Å²) in [5.41, 5.74) is 5.52. The highest BCUT2D eigenvalue weighted by molar-refractivity contribution is 5.78. The number of amides is 1. The van der Waals surface area contributed by atoms with Gasteiger partial charge in [-0.05, 0) is 31.6 Å². The summed E-state index contributed by atoms with van der Waals surface area (Å²) in [5.74, 6) is 0.804. The molecule has 0 spiro atoms. The average Bonchev–Trinajstić information content (AvgIpc) is 2.32. The van der Waals surface area contributed by atoms with Gasteiger partial charge in [-0.15, -0.1) is 0 Å². The topological polar surface area (TPSA) is 64.4 Å². The number of hydrogen-bond acceptors (Lipinski definition) is 3. The first-order valence-electron chi connectivity index (χ1n) is 6.33. The Labute approximate surface area is 97.9 Å². The highest BCUT2D eigenvalue weighted by Gasteiger charge is 2.16. The van der Waals surface area contributed by atoms with Crippen molar-refractivity contribution < 1.29 is 9.53 Å². The lowest BCUT2D eigenvalue weighted by atomic mass is 9.96. The van der Waals surface area contributed by atoms with Gasteiger partial charge in [-0.3, -0.25) is 4.79 Å². The molecule has 1 saturated heterocycles. The van der Waals surface area contributed by atoms with E-state index in [4.69, 9.17) is 10.5 Å². The number of carbonyl (C=O) groups is 1. The normalized spacial score (nSPS) is 19.4. The maximum atomic E-state index is 11.6. The summed E-state index contributed by atoms with van der Waals surface area (Å²) in [4.78, 5) is 11.6. The fourth-order valence-electron chi connectivity index (χ4n) is 2.04. The van der Waals surface area contributed by atoms with Crippen molar-refractivity contribution in [2.45, 2.75) is 32.6 Å². The molecule has 0 radical (unpaired) electrons. The largest absolute Gasteiger partial charge is 0.381 e. The van der Waals surface area contributed by atoms with Crippen LogP contribution in [0.4, 0.5) is 0 Å². The molecule has 4 nitrogen and oxygen atoms in total. The quantitative estimate of drug-likeness (QED) is 0.710. The zero-order valence-corrected chi connectivity index (χ0v) is 10.2. The smallest absolute Gasteiger partial charge is 0.224 e. The number of rotatable bonds is 6. The van der Waals surface area contributed by atoms with Crippen molar-refractivity contribution in [3.05, 3.63) is 0 Å². The molecule has 3 N–H and O–H groups in total. The maximum Gasteiger partial charge on any atom is 0.224 e. The lowest BCUT2D eigenvalue weighted by molar-refractivity contribution is -0.124. The van der Waals surface area contributed by atoms with Crippen molar-refractivity contribution in [1.82, 2.24) is 5.32 Å². The SMILES string of the molecule is CCC(CN)C(=O)NCCC1CCOCC1. The molecule has 1 amide bonds. The first-order valence-corrected chi connectivity index (χ1v) is 6.33. The van der Waals surface area contributed by atoms with Gasteiger partial charge in [-0.2, -0.15) is 0 Å². The Bertz CT molecular complexity index is 199. The van der Waals surface area contributed by atoms with Crippen molar-refractivity contribution in [3.63, 3.8) is 0 Å². The van der Waals surface area contributed by atoms with E-state index in [2.05, 4.69) is 5.32 Å². The third kappa shape index (κ3) is 4.49. The van der Waals surface area contributed by atoms with Gasteiger partial charge in [-0.25, -0.2) is 0 Å². The van der Waals surface area contributed by atoms with Gasteiger partial charge in [0.1, 0.15) is 0 Å². The third-order valence-electron chi connectivity index (χ3n) is 3.34. The Kier molecular flexibility index (Phi) is 6.42. The molecule has 94 valence electrons. The molecule has 0 aromatic heterocycles. The Balaban J connectivity index is 2.11. The lowest BCUT2D eigenvalue weighted by Crippen LogP contribution is -2.36. The summed E-state index contributed by atoms with van der Waals surface area (Å²) in [6.07, 6.45) is 4.14. The van der Waals surface area contributed by atoms with E-state index < -0.39 is 0 Å². The first-order chi connectivity index (χ1) is 7.77. The molecule has 1 fully saturated rings. The van der Waals surface area contributed by atoms with E-state index in [9.17, 15) is 4.79 Å². The summed E-state index contributed by atoms with van der Waals surface area (Å²) < 4.78 is 5.30. The van der Waals surface area contributed by atoms with Crippen LogP contribution in [-0.4, -0.2) is 32.2 Å². The summed E-state index contributed by atoms with van der Waals surface area (Å²) in [5, 5.41) is 2.97. The van der Waals surface area contributed by atoms with Crippen LogP contribution >= 0.6 is 0 Å². The van der Waals surface area contributed by atoms with Gasteiger partial charge in [0.25, 0.3) is 0 Å². The van der Waals surface area contributed by atoms with Gasteiger partial charge in [-0.1, -0.05) is 6.92 Å². The highest BCUT2D eigenvalue weighted by atomic mass is 16.5. The van der Waals surface area contributed by atoms with Crippen molar-refractivity contribution in [2.75, 3.05) is 26.3 Å². The first kappa shape index (κ1) is 13.5. The van der Waals surface area contributed by atoms with E-state index in [0.29, 0.717) is 12.5 Å². The van der Waals surface area contributed by atoms with Crippen LogP contribution < -0.4 is 11.1 Å². The molecular weight excluding hydrogens is 204 g/mol. The molecule has 1 aliphatic heterocycles. The zero-order valence-electron chi connectivity index (χ0n) is 10.2. The molecule has 1 unspecified atom stereocenters. The number of hydrogen-bond donors (Lipinski definition) is 2. The van der Waals surface area contributed by atoms with Gasteiger partial charge < -0.3 is 15.8 Å². The van der Waals surface area contributed by atoms with Crippen LogP contribution in [0.1, 0.15) is 32.6 Å². The molecule has 1 atom stereocenters. The minimum atomic E-state index is -0.0188. The van der Waals surface area contributed by atoms with Crippen molar-refractivity contribution in [2.24, 2.45) is 17.6 Å². The van der Waals surface area contributed by atoms with E-state index in [1.165, 1.54) is 0 Å². The van der Waals surface area contributed by atoms with Crippen molar-refractivity contribution in [3.8, 4) is 0 Å². The second-order valence-corrected chi connectivity index (χ2v) is 4.48. The zero-order chi connectivity index (χ0) is 11.8. The molecule has 0 bridgehead atoms. The minimum Gasteiger partial charge on any atom is -0.381 e. The maximum absolute atomic E-state index is 11.6. The molecule has 1 aliphatic rings. The molecule has 4 heteroatoms. The van der Waals surface area contributed by atoms with Gasteiger partial charge >= 0.3 is 0 Å². The monoisotopic (exact) mass is 228 g/mol. The molecule has 0 aromatic carbocycles. The van der Waals surface area contributed by atoms with Gasteiger partial charge in [0.05, 0.1) is 0 Å². The fraction of sp³-hybridized carbons (Fsp3) is 0.917. The Morgan fingerprint density at radius 3 is 2.75 bits per heavy atom. The van der Waals surface area contributed by atoms with Crippen molar-refractivity contribution in [1.29, 1.82) is 0 Å². The van der Waals surface area contributed by atoms with Crippen LogP contribution in [0.2, 0.25) is 0 Å². The standard InChI is InChI=1S/C12H24N2O2/c1-2-11(9-13)12(15)14-6-3-10-4-7-16-8-5-10/h10-11H,2-9,13H2,1H3,(H,14,15). The molecule has 1 rings (SSSR count). The summed E-state index contributed by atoms with van der Waals surface area (Å²) in [6, 6.07) is 0. The number of nitrogens with one attached hydrogen (secondary N) is 1. The van der Waals surface area contributed by atoms with E-state index in [1.54, 1.807) is 0 Å². The summed E-state index contributed by atoms with van der Waals surface area (Å²) >= 11 is 0. The van der Waals surface area contributed by atoms with Crippen LogP contribution in [0.15, 0.2) is 0 Å². The molecule has 0 aromatic rings. The van der Waals surface area contributed by atoms with Crippen molar-refractivity contribution >= 4 is 5.91 Å². The van der Waals surface area contributed by atoms with Crippen LogP contribution in [-0.2, 0) is 9.53 Å². The molecular formula is C12H24N2O2. The van der Waals surface area contributed by atoms with Crippen LogP contribution in [0.25, 0.3) is 0 Å². The predicted molar refractivity (Wildman–Crippen MR) is 64.0 cm³/mol. The van der Waals surface area contributed by atoms with Gasteiger partial charge in [0.15, 0.2) is 0 Å². The summed E-state index contributed by atoms with van der Waals surface area (Å²) in [6.45, 7) is 4.97. The van der Waals surface area contributed by atoms with E-state index in [-0.39, 0.29) is 11.8 Å². The Morgan fingerprint density at radius 1 is 1.50 bits per heavy atom. The molecule has 0 saturated carbocycles. The van der Waals surface area contributed by atoms with E-state index in [0.717, 1.165) is 45.4 Å². The molecule has 16 heavy (non-hydrogen) atoms. The fourth-order valence-corrected chi connectivity index (χ4v) is 2.04. The summed E-state index contributed by atoms with van der Waals surface area (Å²) in [7, 11) is 0. The predicted octanol–water partition coefficient (Wildman–Crippen LogP) is 0.904. The van der Waals surface area contributed by atoms with E-state index >= 15 is 0 Å². The van der Waals surface area contributed by atoms with Crippen LogP contribution in [0, 0.1) is 11.8 Å². The Morgan fingerprint density at radius 2 is 2.19 bits per heavy atom. The van der Waals surface area contributed by atoms with Gasteiger partial charge in [0, 0.05) is 32.2 Å². The highest BCUT2D eigenvalue weighted by Crippen LogP contribution is 2.17. The molecule has 0 aliphatic carbocycles. The van der Waals surface area contributed by atoms with Crippen LogP contribution in [0.3, 0.4) is 0 Å². The second kappa shape index (κ2) is 7.63. The van der Waals surface area contributed by atoms with Crippen LogP contribution in [0.5, 0.6) is 0 Å². The lowest BCUT2D eigenvalue weighted by Gasteiger charge is -2.22. The van der Waals surface area contributed by atoms with Gasteiger partial charge in [0.2, 0.25) is 5.91 Å². The molecule has 1 heterocycles. The average molecular weight is 228 g/mol. The second-order valence-electron chi connectivity index (χ2n) is 4.48. The third-order valence-corrected chi connectivity index (χ3v) is 3.34.